The number of aryl methyl sites for hydroxylation is 1. The Kier molecular flexibility index (Phi) is 7.49. The highest BCUT2D eigenvalue weighted by Crippen LogP contribution is 2.10. The van der Waals surface area contributed by atoms with Gasteiger partial charge in [-0.1, -0.05) is 17.7 Å². The van der Waals surface area contributed by atoms with Crippen molar-refractivity contribution in [2.45, 2.75) is 20.3 Å². The van der Waals surface area contributed by atoms with Gasteiger partial charge in [0.05, 0.1) is 6.42 Å². The molecule has 0 saturated heterocycles. The number of ketones is 1. The molecule has 0 aliphatic carbocycles. The normalized spacial score (nSPS) is 9.16. The monoisotopic (exact) mass is 264 g/mol. The topological polar surface area (TPSA) is 40.6 Å². The van der Waals surface area contributed by atoms with Gasteiger partial charge in [0.25, 0.3) is 0 Å². The van der Waals surface area contributed by atoms with Crippen LogP contribution in [0.5, 0.6) is 0 Å². The fourth-order valence-electron chi connectivity index (χ4n) is 1.21. The van der Waals surface area contributed by atoms with Crippen LogP contribution < -0.4 is 4.90 Å². The molecule has 1 rings (SSSR count). The maximum atomic E-state index is 10.7. The Labute approximate surface area is 116 Å². The second-order valence-corrected chi connectivity index (χ2v) is 4.90. The summed E-state index contributed by atoms with van der Waals surface area (Å²) in [6.07, 6.45) is 0.0208. The van der Waals surface area contributed by atoms with Crippen molar-refractivity contribution in [1.82, 2.24) is 4.90 Å². The first-order valence-electron chi connectivity index (χ1n) is 6.17. The Balaban J connectivity index is 0.000000344. The fraction of sp³-hybridized carbons (Fsp3) is 0.467. The smallest absolute Gasteiger partial charge is 0.229 e. The van der Waals surface area contributed by atoms with E-state index in [2.05, 4.69) is 36.1 Å². The molecule has 0 fully saturated rings. The number of carbonyl (C=O) groups excluding carboxylic acids is 2. The molecule has 0 N–H and O–H groups in total. The lowest BCUT2D eigenvalue weighted by Crippen LogP contribution is -2.23. The molecule has 0 heterocycles. The molecular formula is C15H24N2O2. The Morgan fingerprint density at radius 1 is 1.00 bits per heavy atom. The van der Waals surface area contributed by atoms with Crippen LogP contribution in [0.1, 0.15) is 18.9 Å². The van der Waals surface area contributed by atoms with Gasteiger partial charge in [0.15, 0.2) is 0 Å². The van der Waals surface area contributed by atoms with Gasteiger partial charge in [-0.25, -0.2) is 0 Å². The Hall–Kier alpha value is -1.84. The zero-order chi connectivity index (χ0) is 15.0. The van der Waals surface area contributed by atoms with Crippen molar-refractivity contribution in [3.05, 3.63) is 29.8 Å². The summed E-state index contributed by atoms with van der Waals surface area (Å²) in [7, 11) is 7.35. The van der Waals surface area contributed by atoms with Crippen LogP contribution in [0.4, 0.5) is 5.69 Å². The minimum absolute atomic E-state index is 0.0208. The number of rotatable bonds is 3. The predicted molar refractivity (Wildman–Crippen MR) is 79.5 cm³/mol. The van der Waals surface area contributed by atoms with Crippen LogP contribution in [0.25, 0.3) is 0 Å². The third-order valence-electron chi connectivity index (χ3n) is 2.45. The number of anilines is 1. The Morgan fingerprint density at radius 2 is 1.47 bits per heavy atom. The second kappa shape index (κ2) is 8.29. The summed E-state index contributed by atoms with van der Waals surface area (Å²) in [4.78, 5) is 24.5. The number of benzene rings is 1. The SMILES string of the molecule is CC(=O)CC(=O)N(C)C.Cc1ccc(N(C)C)cc1. The molecule has 0 spiro atoms. The van der Waals surface area contributed by atoms with Crippen LogP contribution in [0, 0.1) is 6.92 Å². The second-order valence-electron chi connectivity index (χ2n) is 4.90. The van der Waals surface area contributed by atoms with Gasteiger partial charge in [-0.05, 0) is 26.0 Å². The van der Waals surface area contributed by atoms with E-state index in [0.29, 0.717) is 0 Å². The molecule has 0 aliphatic rings. The van der Waals surface area contributed by atoms with Crippen LogP contribution in [0.15, 0.2) is 24.3 Å². The summed E-state index contributed by atoms with van der Waals surface area (Å²) in [5, 5.41) is 0. The first-order valence-corrected chi connectivity index (χ1v) is 6.17. The van der Waals surface area contributed by atoms with Crippen LogP contribution in [0.2, 0.25) is 0 Å². The highest BCUT2D eigenvalue weighted by molar-refractivity contribution is 5.96. The van der Waals surface area contributed by atoms with E-state index in [1.54, 1.807) is 14.1 Å². The van der Waals surface area contributed by atoms with Gasteiger partial charge in [0, 0.05) is 33.9 Å². The van der Waals surface area contributed by atoms with E-state index in [4.69, 9.17) is 0 Å². The molecule has 1 aromatic carbocycles. The molecule has 19 heavy (non-hydrogen) atoms. The molecule has 4 nitrogen and oxygen atoms in total. The summed E-state index contributed by atoms with van der Waals surface area (Å²) in [6.45, 7) is 3.50. The average molecular weight is 264 g/mol. The molecule has 0 aliphatic heterocycles. The first-order chi connectivity index (χ1) is 8.73. The minimum Gasteiger partial charge on any atom is -0.378 e. The van der Waals surface area contributed by atoms with Crippen molar-refractivity contribution in [2.24, 2.45) is 0 Å². The largest absolute Gasteiger partial charge is 0.378 e. The standard InChI is InChI=1S/C9H13N.C6H11NO2/c1-8-4-6-9(7-5-8)10(2)3;1-5(8)4-6(9)7(2)3/h4-7H,1-3H3;4H2,1-3H3. The predicted octanol–water partition coefficient (Wildman–Crippen LogP) is 2.11. The Bertz CT molecular complexity index is 409. The molecule has 0 bridgehead atoms. The highest BCUT2D eigenvalue weighted by atomic mass is 16.2. The first kappa shape index (κ1) is 17.2. The van der Waals surface area contributed by atoms with Gasteiger partial charge < -0.3 is 9.80 Å². The van der Waals surface area contributed by atoms with Gasteiger partial charge in [0.2, 0.25) is 5.91 Å². The van der Waals surface area contributed by atoms with E-state index < -0.39 is 0 Å². The number of hydrogen-bond acceptors (Lipinski definition) is 3. The Morgan fingerprint density at radius 3 is 1.74 bits per heavy atom. The quantitative estimate of drug-likeness (QED) is 0.785. The number of Topliss-reactive ketones (excluding diaryl/α,β-unsaturated/α-hetero) is 1. The van der Waals surface area contributed by atoms with Crippen molar-refractivity contribution in [3.63, 3.8) is 0 Å². The lowest BCUT2D eigenvalue weighted by atomic mass is 10.2. The van der Waals surface area contributed by atoms with E-state index in [-0.39, 0.29) is 18.1 Å². The van der Waals surface area contributed by atoms with E-state index in [0.717, 1.165) is 0 Å². The maximum Gasteiger partial charge on any atom is 0.229 e. The lowest BCUT2D eigenvalue weighted by Gasteiger charge is -2.11. The molecule has 1 amide bonds. The number of nitrogens with zero attached hydrogens (tertiary/aromatic N) is 2. The number of carbonyl (C=O) groups is 2. The van der Waals surface area contributed by atoms with Crippen molar-refractivity contribution in [3.8, 4) is 0 Å². The summed E-state index contributed by atoms with van der Waals surface area (Å²) < 4.78 is 0. The van der Waals surface area contributed by atoms with E-state index in [1.165, 1.54) is 23.1 Å². The van der Waals surface area contributed by atoms with Gasteiger partial charge in [-0.2, -0.15) is 0 Å². The molecular weight excluding hydrogens is 240 g/mol. The zero-order valence-electron chi connectivity index (χ0n) is 12.7. The van der Waals surface area contributed by atoms with Crippen molar-refractivity contribution in [1.29, 1.82) is 0 Å². The van der Waals surface area contributed by atoms with Gasteiger partial charge in [-0.3, -0.25) is 9.59 Å². The molecule has 0 unspecified atom stereocenters. The van der Waals surface area contributed by atoms with E-state index in [1.807, 2.05) is 14.1 Å². The minimum atomic E-state index is -0.137. The third-order valence-corrected chi connectivity index (χ3v) is 2.45. The molecule has 0 aromatic heterocycles. The molecule has 0 radical (unpaired) electrons. The van der Waals surface area contributed by atoms with Gasteiger partial charge in [-0.15, -0.1) is 0 Å². The summed E-state index contributed by atoms with van der Waals surface area (Å²) in [6, 6.07) is 8.48. The van der Waals surface area contributed by atoms with Crippen LogP contribution in [0.3, 0.4) is 0 Å². The molecule has 4 heteroatoms. The van der Waals surface area contributed by atoms with Crippen LogP contribution in [-0.2, 0) is 9.59 Å². The van der Waals surface area contributed by atoms with Crippen molar-refractivity contribution < 1.29 is 9.59 Å². The highest BCUT2D eigenvalue weighted by Gasteiger charge is 2.05. The average Bonchev–Trinajstić information content (AvgIpc) is 2.29. The van der Waals surface area contributed by atoms with E-state index >= 15 is 0 Å². The van der Waals surface area contributed by atoms with Crippen LogP contribution >= 0.6 is 0 Å². The third kappa shape index (κ3) is 7.97. The van der Waals surface area contributed by atoms with Gasteiger partial charge in [0.1, 0.15) is 5.78 Å². The van der Waals surface area contributed by atoms with E-state index in [9.17, 15) is 9.59 Å². The summed E-state index contributed by atoms with van der Waals surface area (Å²) in [5.74, 6) is -0.226. The summed E-state index contributed by atoms with van der Waals surface area (Å²) >= 11 is 0. The molecule has 0 saturated carbocycles. The maximum absolute atomic E-state index is 10.7. The van der Waals surface area contributed by atoms with Crippen LogP contribution in [-0.4, -0.2) is 44.8 Å². The fourth-order valence-corrected chi connectivity index (χ4v) is 1.21. The molecule has 106 valence electrons. The number of hydrogen-bond donors (Lipinski definition) is 0. The molecule has 1 aromatic rings. The molecule has 0 atom stereocenters. The number of amides is 1. The van der Waals surface area contributed by atoms with Crippen molar-refractivity contribution in [2.75, 3.05) is 33.1 Å². The lowest BCUT2D eigenvalue weighted by molar-refractivity contribution is -0.132. The van der Waals surface area contributed by atoms with Crippen molar-refractivity contribution >= 4 is 17.4 Å². The zero-order valence-corrected chi connectivity index (χ0v) is 12.7. The summed E-state index contributed by atoms with van der Waals surface area (Å²) in [5.41, 5.74) is 2.57. The van der Waals surface area contributed by atoms with Gasteiger partial charge >= 0.3 is 0 Å².